The molecule has 0 amide bonds. The van der Waals surface area contributed by atoms with Gasteiger partial charge in [-0.2, -0.15) is 0 Å². The van der Waals surface area contributed by atoms with Gasteiger partial charge in [-0.05, 0) is 108 Å². The molecule has 1 aliphatic carbocycles. The van der Waals surface area contributed by atoms with Crippen LogP contribution in [0.15, 0.2) is 182 Å². The molecular formula is C50H33N. The zero-order valence-electron chi connectivity index (χ0n) is 28.1. The number of fused-ring (bicyclic) bond motifs is 13. The van der Waals surface area contributed by atoms with Crippen LogP contribution in [0, 0.1) is 0 Å². The zero-order valence-corrected chi connectivity index (χ0v) is 28.1. The van der Waals surface area contributed by atoms with Gasteiger partial charge in [0.05, 0.1) is 11.0 Å². The summed E-state index contributed by atoms with van der Waals surface area (Å²) < 4.78 is 2.38. The van der Waals surface area contributed by atoms with E-state index in [0.717, 1.165) is 6.42 Å². The quantitative estimate of drug-likeness (QED) is 0.168. The fourth-order valence-electron chi connectivity index (χ4n) is 9.10. The van der Waals surface area contributed by atoms with Crippen LogP contribution in [0.25, 0.3) is 82.1 Å². The first kappa shape index (κ1) is 28.4. The van der Waals surface area contributed by atoms with Gasteiger partial charge in [-0.25, -0.2) is 0 Å². The Balaban J connectivity index is 1.03. The minimum Gasteiger partial charge on any atom is -0.309 e. The maximum absolute atomic E-state index is 2.40. The maximum Gasteiger partial charge on any atom is 0.0541 e. The van der Waals surface area contributed by atoms with Crippen LogP contribution in [0.5, 0.6) is 0 Å². The molecule has 10 aromatic rings. The topological polar surface area (TPSA) is 4.93 Å². The van der Waals surface area contributed by atoms with Gasteiger partial charge in [0.2, 0.25) is 0 Å². The highest BCUT2D eigenvalue weighted by Gasteiger charge is 2.33. The summed E-state index contributed by atoms with van der Waals surface area (Å²) in [5.41, 5.74) is 13.2. The second kappa shape index (κ2) is 11.0. The fraction of sp³-hybridized carbons (Fsp3) is 0.0400. The van der Waals surface area contributed by atoms with Crippen LogP contribution in [0.3, 0.4) is 0 Å². The van der Waals surface area contributed by atoms with E-state index in [4.69, 9.17) is 0 Å². The molecule has 1 aliphatic rings. The molecule has 238 valence electrons. The van der Waals surface area contributed by atoms with Crippen molar-refractivity contribution in [3.63, 3.8) is 0 Å². The van der Waals surface area contributed by atoms with E-state index in [1.54, 1.807) is 0 Å². The zero-order chi connectivity index (χ0) is 33.5. The molecule has 9 aromatic carbocycles. The Morgan fingerprint density at radius 3 is 1.80 bits per heavy atom. The van der Waals surface area contributed by atoms with E-state index in [1.807, 2.05) is 0 Å². The highest BCUT2D eigenvalue weighted by molar-refractivity contribution is 6.20. The Kier molecular flexibility index (Phi) is 6.15. The number of rotatable bonds is 4. The average molecular weight is 648 g/mol. The third-order valence-electron chi connectivity index (χ3n) is 11.3. The minimum atomic E-state index is 0.264. The molecule has 0 spiro atoms. The molecule has 0 N–H and O–H groups in total. The van der Waals surface area contributed by atoms with E-state index >= 15 is 0 Å². The molecule has 1 unspecified atom stereocenters. The van der Waals surface area contributed by atoms with Gasteiger partial charge in [0, 0.05) is 22.4 Å². The second-order valence-electron chi connectivity index (χ2n) is 14.0. The highest BCUT2D eigenvalue weighted by Crippen LogP contribution is 2.54. The van der Waals surface area contributed by atoms with E-state index in [2.05, 4.69) is 187 Å². The summed E-state index contributed by atoms with van der Waals surface area (Å²) in [6, 6.07) is 67.4. The Hall–Kier alpha value is -6.44. The lowest BCUT2D eigenvalue weighted by Crippen LogP contribution is -2.02. The maximum atomic E-state index is 2.40. The Morgan fingerprint density at radius 1 is 0.392 bits per heavy atom. The van der Waals surface area contributed by atoms with E-state index < -0.39 is 0 Å². The molecule has 0 aliphatic heterocycles. The summed E-state index contributed by atoms with van der Waals surface area (Å²) in [6.45, 7) is 0. The van der Waals surface area contributed by atoms with Crippen LogP contribution in [-0.2, 0) is 6.42 Å². The van der Waals surface area contributed by atoms with Crippen LogP contribution in [0.2, 0.25) is 0 Å². The van der Waals surface area contributed by atoms with Crippen molar-refractivity contribution in [2.24, 2.45) is 0 Å². The first-order valence-electron chi connectivity index (χ1n) is 18.0. The normalized spacial score (nSPS) is 13.8. The molecule has 0 saturated carbocycles. The molecule has 0 saturated heterocycles. The number of aromatic nitrogens is 1. The Bertz CT molecular complexity index is 2980. The number of benzene rings is 9. The summed E-state index contributed by atoms with van der Waals surface area (Å²) in [7, 11) is 0. The Morgan fingerprint density at radius 2 is 1.00 bits per heavy atom. The lowest BCUT2D eigenvalue weighted by molar-refractivity contribution is 0.835. The second-order valence-corrected chi connectivity index (χ2v) is 14.0. The molecule has 0 fully saturated rings. The molecule has 0 bridgehead atoms. The fourth-order valence-corrected chi connectivity index (χ4v) is 9.10. The van der Waals surface area contributed by atoms with Crippen molar-refractivity contribution in [1.29, 1.82) is 0 Å². The van der Waals surface area contributed by atoms with Crippen LogP contribution in [0.1, 0.15) is 22.6 Å². The largest absolute Gasteiger partial charge is 0.309 e. The predicted octanol–water partition coefficient (Wildman–Crippen LogP) is 13.3. The van der Waals surface area contributed by atoms with Crippen molar-refractivity contribution in [1.82, 2.24) is 4.57 Å². The minimum absolute atomic E-state index is 0.264. The molecule has 1 atom stereocenters. The SMILES string of the molecule is c1ccc(-n2c3ccccc3c3cc(-c4ccc(CC5c6ccc7ccccc7c6-c6c5c5ccccc5c5ccccc65)cc4)ccc32)cc1. The number of hydrogen-bond acceptors (Lipinski definition) is 0. The molecule has 11 rings (SSSR count). The lowest BCUT2D eigenvalue weighted by atomic mass is 9.85. The van der Waals surface area contributed by atoms with Gasteiger partial charge in [0.25, 0.3) is 0 Å². The van der Waals surface area contributed by atoms with Gasteiger partial charge in [0.15, 0.2) is 0 Å². The van der Waals surface area contributed by atoms with Crippen LogP contribution in [0.4, 0.5) is 0 Å². The predicted molar refractivity (Wildman–Crippen MR) is 216 cm³/mol. The summed E-state index contributed by atoms with van der Waals surface area (Å²) in [6.07, 6.45) is 0.949. The smallest absolute Gasteiger partial charge is 0.0541 e. The van der Waals surface area contributed by atoms with Gasteiger partial charge in [-0.3, -0.25) is 0 Å². The monoisotopic (exact) mass is 647 g/mol. The summed E-state index contributed by atoms with van der Waals surface area (Å²) >= 11 is 0. The van der Waals surface area contributed by atoms with Gasteiger partial charge in [-0.1, -0.05) is 152 Å². The van der Waals surface area contributed by atoms with E-state index in [-0.39, 0.29) is 5.92 Å². The summed E-state index contributed by atoms with van der Waals surface area (Å²) in [4.78, 5) is 0. The lowest BCUT2D eigenvalue weighted by Gasteiger charge is -2.18. The van der Waals surface area contributed by atoms with Crippen LogP contribution < -0.4 is 0 Å². The molecule has 1 heteroatoms. The van der Waals surface area contributed by atoms with Gasteiger partial charge < -0.3 is 4.57 Å². The van der Waals surface area contributed by atoms with E-state index in [9.17, 15) is 0 Å². The number of para-hydroxylation sites is 2. The first-order chi connectivity index (χ1) is 25.3. The third kappa shape index (κ3) is 4.22. The molecule has 1 aromatic heterocycles. The van der Waals surface area contributed by atoms with Crippen molar-refractivity contribution in [2.45, 2.75) is 12.3 Å². The summed E-state index contributed by atoms with van der Waals surface area (Å²) in [5.74, 6) is 0.264. The first-order valence-corrected chi connectivity index (χ1v) is 18.0. The van der Waals surface area contributed by atoms with Crippen LogP contribution >= 0.6 is 0 Å². The standard InChI is InChI=1S/C50H33N/c1-2-13-36(14-3-1)51-46-21-11-10-18-40(46)44-31-35(27-29-47(44)51)33-24-22-32(23-25-33)30-45-43-28-26-34-12-4-5-15-37(34)48(43)50-42-20-9-7-17-39(42)38-16-6-8-19-41(38)49(45)50/h1-29,31,45H,30H2. The van der Waals surface area contributed by atoms with Crippen molar-refractivity contribution >= 4 is 54.1 Å². The van der Waals surface area contributed by atoms with E-state index in [1.165, 1.54) is 98.8 Å². The average Bonchev–Trinajstić information content (AvgIpc) is 3.72. The van der Waals surface area contributed by atoms with Crippen molar-refractivity contribution < 1.29 is 0 Å². The third-order valence-corrected chi connectivity index (χ3v) is 11.3. The van der Waals surface area contributed by atoms with Gasteiger partial charge in [-0.15, -0.1) is 0 Å². The van der Waals surface area contributed by atoms with Gasteiger partial charge >= 0.3 is 0 Å². The number of hydrogen-bond donors (Lipinski definition) is 0. The molecule has 51 heavy (non-hydrogen) atoms. The van der Waals surface area contributed by atoms with Crippen molar-refractivity contribution in [3.05, 3.63) is 199 Å². The van der Waals surface area contributed by atoms with Gasteiger partial charge in [0.1, 0.15) is 0 Å². The van der Waals surface area contributed by atoms with E-state index in [0.29, 0.717) is 0 Å². The molecular weight excluding hydrogens is 615 g/mol. The van der Waals surface area contributed by atoms with Crippen molar-refractivity contribution in [3.8, 4) is 27.9 Å². The van der Waals surface area contributed by atoms with Crippen molar-refractivity contribution in [2.75, 3.05) is 0 Å². The molecule has 0 radical (unpaired) electrons. The highest BCUT2D eigenvalue weighted by atomic mass is 15.0. The molecule has 1 heterocycles. The Labute approximate surface area is 296 Å². The molecule has 1 nitrogen and oxygen atoms in total. The number of nitrogens with zero attached hydrogens (tertiary/aromatic N) is 1. The summed E-state index contributed by atoms with van der Waals surface area (Å²) in [5, 5.41) is 10.6. The van der Waals surface area contributed by atoms with Crippen LogP contribution in [-0.4, -0.2) is 4.57 Å².